The molecule has 0 unspecified atom stereocenters. The Bertz CT molecular complexity index is 969. The number of hydrogen-bond acceptors (Lipinski definition) is 2. The Labute approximate surface area is 224 Å². The highest BCUT2D eigenvalue weighted by atomic mass is 35.5. The Morgan fingerprint density at radius 2 is 1.58 bits per heavy atom. The van der Waals surface area contributed by atoms with E-state index in [-0.39, 0.29) is 0 Å². The first-order chi connectivity index (χ1) is 17.7. The SMILES string of the molecule is CCCCCCCCOc1c(OC)ccc2c1CC[N+](Cc1cccc(Cl)c1)=C2CCCCCCC. The van der Waals surface area contributed by atoms with Gasteiger partial charge >= 0.3 is 0 Å². The van der Waals surface area contributed by atoms with Gasteiger partial charge < -0.3 is 9.47 Å². The standard InChI is InChI=1S/C32H47ClNO2/c1-4-6-8-10-12-14-23-36-32-29-21-22-34(25-26-16-15-17-27(33)24-26)30(18-13-11-9-7-5-2)28(29)19-20-31(32)35-3/h15-17,19-20,24H,4-14,18,21-23,25H2,1-3H3/q+1. The van der Waals surface area contributed by atoms with E-state index in [0.29, 0.717) is 0 Å². The molecule has 0 spiro atoms. The average Bonchev–Trinajstić information content (AvgIpc) is 2.88. The monoisotopic (exact) mass is 512 g/mol. The van der Waals surface area contributed by atoms with E-state index >= 15 is 0 Å². The van der Waals surface area contributed by atoms with E-state index in [9.17, 15) is 0 Å². The first-order valence-corrected chi connectivity index (χ1v) is 14.7. The van der Waals surface area contributed by atoms with Crippen molar-refractivity contribution in [2.75, 3.05) is 20.3 Å². The second-order valence-corrected chi connectivity index (χ2v) is 10.6. The van der Waals surface area contributed by atoms with Crippen LogP contribution in [0.3, 0.4) is 0 Å². The fourth-order valence-electron chi connectivity index (χ4n) is 5.27. The Kier molecular flexibility index (Phi) is 12.7. The van der Waals surface area contributed by atoms with Crippen LogP contribution in [0, 0.1) is 0 Å². The molecule has 0 saturated carbocycles. The van der Waals surface area contributed by atoms with Gasteiger partial charge in [-0.1, -0.05) is 95.4 Å². The molecule has 0 aromatic heterocycles. The molecule has 4 heteroatoms. The van der Waals surface area contributed by atoms with E-state index in [1.165, 1.54) is 86.6 Å². The molecule has 3 nitrogen and oxygen atoms in total. The molecular formula is C32H47ClNO2+. The normalized spacial score (nSPS) is 13.1. The lowest BCUT2D eigenvalue weighted by Gasteiger charge is -2.23. The van der Waals surface area contributed by atoms with Crippen molar-refractivity contribution in [1.29, 1.82) is 0 Å². The Morgan fingerprint density at radius 3 is 2.31 bits per heavy atom. The zero-order valence-electron chi connectivity index (χ0n) is 22.9. The van der Waals surface area contributed by atoms with Crippen LogP contribution in [0.4, 0.5) is 0 Å². The van der Waals surface area contributed by atoms with Crippen molar-refractivity contribution < 1.29 is 14.0 Å². The smallest absolute Gasteiger partial charge is 0.184 e. The molecule has 198 valence electrons. The molecule has 0 amide bonds. The second kappa shape index (κ2) is 16.0. The highest BCUT2D eigenvalue weighted by molar-refractivity contribution is 6.30. The maximum atomic E-state index is 6.43. The van der Waals surface area contributed by atoms with Crippen LogP contribution in [0.5, 0.6) is 11.5 Å². The largest absolute Gasteiger partial charge is 0.493 e. The molecule has 0 fully saturated rings. The van der Waals surface area contributed by atoms with Crippen molar-refractivity contribution >= 4 is 17.3 Å². The lowest BCUT2D eigenvalue weighted by atomic mass is 9.92. The van der Waals surface area contributed by atoms with Crippen LogP contribution < -0.4 is 9.47 Å². The summed E-state index contributed by atoms with van der Waals surface area (Å²) in [5.74, 6) is 1.83. The molecule has 0 N–H and O–H groups in total. The average molecular weight is 513 g/mol. The molecule has 3 rings (SSSR count). The fraction of sp³-hybridized carbons (Fsp3) is 0.594. The summed E-state index contributed by atoms with van der Waals surface area (Å²) in [5.41, 5.74) is 5.38. The van der Waals surface area contributed by atoms with Crippen molar-refractivity contribution in [2.24, 2.45) is 0 Å². The van der Waals surface area contributed by atoms with Crippen LogP contribution in [0.2, 0.25) is 5.02 Å². The summed E-state index contributed by atoms with van der Waals surface area (Å²) in [7, 11) is 1.76. The van der Waals surface area contributed by atoms with E-state index in [2.05, 4.69) is 48.8 Å². The van der Waals surface area contributed by atoms with E-state index < -0.39 is 0 Å². The number of methoxy groups -OCH3 is 1. The van der Waals surface area contributed by atoms with Gasteiger partial charge in [-0.15, -0.1) is 0 Å². The number of nitrogens with zero attached hydrogens (tertiary/aromatic N) is 1. The first kappa shape index (κ1) is 28.6. The summed E-state index contributed by atoms with van der Waals surface area (Å²) in [6.45, 7) is 7.19. The molecular weight excluding hydrogens is 466 g/mol. The summed E-state index contributed by atoms with van der Waals surface area (Å²) in [5, 5.41) is 0.807. The Balaban J connectivity index is 1.81. The van der Waals surface area contributed by atoms with Crippen LogP contribution in [-0.2, 0) is 13.0 Å². The number of fused-ring (bicyclic) bond motifs is 1. The number of halogens is 1. The van der Waals surface area contributed by atoms with Crippen molar-refractivity contribution in [3.05, 3.63) is 58.1 Å². The third kappa shape index (κ3) is 8.54. The fourth-order valence-corrected chi connectivity index (χ4v) is 5.48. The lowest BCUT2D eigenvalue weighted by Crippen LogP contribution is -2.30. The van der Waals surface area contributed by atoms with Gasteiger partial charge in [-0.25, -0.2) is 4.58 Å². The minimum Gasteiger partial charge on any atom is -0.493 e. The van der Waals surface area contributed by atoms with Crippen LogP contribution in [0.1, 0.15) is 108 Å². The zero-order chi connectivity index (χ0) is 25.6. The summed E-state index contributed by atoms with van der Waals surface area (Å²) < 4.78 is 14.8. The molecule has 0 radical (unpaired) electrons. The molecule has 0 bridgehead atoms. The number of benzene rings is 2. The maximum absolute atomic E-state index is 6.43. The number of hydrogen-bond donors (Lipinski definition) is 0. The molecule has 2 aromatic carbocycles. The van der Waals surface area contributed by atoms with Crippen molar-refractivity contribution in [2.45, 2.75) is 104 Å². The van der Waals surface area contributed by atoms with Gasteiger partial charge in [0.1, 0.15) is 6.54 Å². The zero-order valence-corrected chi connectivity index (χ0v) is 23.7. The second-order valence-electron chi connectivity index (χ2n) is 10.2. The summed E-state index contributed by atoms with van der Waals surface area (Å²) in [4.78, 5) is 0. The molecule has 0 saturated heterocycles. The van der Waals surface area contributed by atoms with Gasteiger partial charge in [0.15, 0.2) is 23.8 Å². The predicted octanol–water partition coefficient (Wildman–Crippen LogP) is 9.01. The molecule has 1 aliphatic rings. The van der Waals surface area contributed by atoms with Crippen molar-refractivity contribution in [3.63, 3.8) is 0 Å². The summed E-state index contributed by atoms with van der Waals surface area (Å²) >= 11 is 6.31. The number of rotatable bonds is 17. The Morgan fingerprint density at radius 1 is 0.861 bits per heavy atom. The number of unbranched alkanes of at least 4 members (excludes halogenated alkanes) is 9. The van der Waals surface area contributed by atoms with Crippen molar-refractivity contribution in [3.8, 4) is 11.5 Å². The van der Waals surface area contributed by atoms with Gasteiger partial charge in [0, 0.05) is 34.6 Å². The minimum atomic E-state index is 0.761. The lowest BCUT2D eigenvalue weighted by molar-refractivity contribution is -0.545. The quantitative estimate of drug-likeness (QED) is 0.156. The van der Waals surface area contributed by atoms with Gasteiger partial charge in [0.25, 0.3) is 0 Å². The molecule has 0 atom stereocenters. The van der Waals surface area contributed by atoms with Gasteiger partial charge in [-0.2, -0.15) is 0 Å². The highest BCUT2D eigenvalue weighted by Crippen LogP contribution is 2.37. The van der Waals surface area contributed by atoms with E-state index in [1.807, 2.05) is 6.07 Å². The summed E-state index contributed by atoms with van der Waals surface area (Å²) in [6.07, 6.45) is 16.1. The minimum absolute atomic E-state index is 0.761. The molecule has 2 aromatic rings. The first-order valence-electron chi connectivity index (χ1n) is 14.4. The van der Waals surface area contributed by atoms with Gasteiger partial charge in [0.05, 0.1) is 13.7 Å². The predicted molar refractivity (Wildman–Crippen MR) is 153 cm³/mol. The van der Waals surface area contributed by atoms with E-state index in [0.717, 1.165) is 55.5 Å². The molecule has 36 heavy (non-hydrogen) atoms. The van der Waals surface area contributed by atoms with Crippen LogP contribution >= 0.6 is 11.6 Å². The maximum Gasteiger partial charge on any atom is 0.184 e. The van der Waals surface area contributed by atoms with Crippen LogP contribution in [-0.4, -0.2) is 30.5 Å². The van der Waals surface area contributed by atoms with E-state index in [4.69, 9.17) is 21.1 Å². The molecule has 0 aliphatic carbocycles. The van der Waals surface area contributed by atoms with Crippen LogP contribution in [0.15, 0.2) is 36.4 Å². The number of ether oxygens (including phenoxy) is 2. The third-order valence-corrected chi connectivity index (χ3v) is 7.53. The molecule has 1 aliphatic heterocycles. The van der Waals surface area contributed by atoms with E-state index in [1.54, 1.807) is 7.11 Å². The van der Waals surface area contributed by atoms with Crippen LogP contribution in [0.25, 0.3) is 0 Å². The van der Waals surface area contributed by atoms with Gasteiger partial charge in [0.2, 0.25) is 0 Å². The summed E-state index contributed by atoms with van der Waals surface area (Å²) in [6, 6.07) is 12.7. The van der Waals surface area contributed by atoms with Crippen molar-refractivity contribution in [1.82, 2.24) is 0 Å². The highest BCUT2D eigenvalue weighted by Gasteiger charge is 2.29. The topological polar surface area (TPSA) is 21.5 Å². The van der Waals surface area contributed by atoms with Gasteiger partial charge in [-0.05, 0) is 37.1 Å². The van der Waals surface area contributed by atoms with Gasteiger partial charge in [-0.3, -0.25) is 0 Å². The third-order valence-electron chi connectivity index (χ3n) is 7.29. The Hall–Kier alpha value is -2.00. The molecule has 1 heterocycles.